The van der Waals surface area contributed by atoms with Crippen LogP contribution in [0.2, 0.25) is 0 Å². The molecule has 1 aliphatic heterocycles. The number of anilines is 1. The largest absolute Gasteiger partial charge is 0.360 e. The average Bonchev–Trinajstić information content (AvgIpc) is 2.73. The number of hydrogen-bond acceptors (Lipinski definition) is 5. The molecule has 6 heteroatoms. The lowest BCUT2D eigenvalue weighted by Gasteiger charge is -2.15. The van der Waals surface area contributed by atoms with Crippen molar-refractivity contribution in [1.82, 2.24) is 4.90 Å². The van der Waals surface area contributed by atoms with Crippen LogP contribution in [-0.2, 0) is 0 Å². The molecule has 2 rings (SSSR count). The van der Waals surface area contributed by atoms with E-state index < -0.39 is 0 Å². The zero-order valence-corrected chi connectivity index (χ0v) is 12.3. The fraction of sp³-hybridized carbons (Fsp3) is 0.250. The molecular weight excluding hydrogens is 280 g/mol. The maximum atomic E-state index is 12.3. The van der Waals surface area contributed by atoms with Crippen molar-refractivity contribution < 1.29 is 9.59 Å². The molecule has 1 aliphatic rings. The van der Waals surface area contributed by atoms with Crippen LogP contribution in [0.15, 0.2) is 30.0 Å². The summed E-state index contributed by atoms with van der Waals surface area (Å²) < 4.78 is 0. The van der Waals surface area contributed by atoms with Crippen molar-refractivity contribution in [3.8, 4) is 12.1 Å². The van der Waals surface area contributed by atoms with Crippen LogP contribution in [0, 0.1) is 28.6 Å². The van der Waals surface area contributed by atoms with Gasteiger partial charge in [0.15, 0.2) is 0 Å². The number of carbonyl (C=O) groups is 2. The predicted octanol–water partition coefficient (Wildman–Crippen LogP) is 2.28. The second kappa shape index (κ2) is 6.11. The molecule has 0 aromatic heterocycles. The molecule has 0 radical (unpaired) electrons. The molecule has 1 heterocycles. The summed E-state index contributed by atoms with van der Waals surface area (Å²) in [5, 5.41) is 20.1. The summed E-state index contributed by atoms with van der Waals surface area (Å²) in [6.07, 6.45) is 1.26. The molecule has 0 spiro atoms. The molecule has 0 atom stereocenters. The van der Waals surface area contributed by atoms with Crippen molar-refractivity contribution in [2.24, 2.45) is 5.92 Å². The van der Waals surface area contributed by atoms with Crippen molar-refractivity contribution in [3.05, 3.63) is 41.1 Å². The molecule has 0 fully saturated rings. The maximum absolute atomic E-state index is 12.3. The van der Waals surface area contributed by atoms with Gasteiger partial charge >= 0.3 is 0 Å². The number of rotatable bonds is 4. The molecule has 0 bridgehead atoms. The number of fused-ring (bicyclic) bond motifs is 1. The van der Waals surface area contributed by atoms with Gasteiger partial charge in [-0.25, -0.2) is 0 Å². The van der Waals surface area contributed by atoms with E-state index in [-0.39, 0.29) is 23.3 Å². The first-order valence-electron chi connectivity index (χ1n) is 6.75. The van der Waals surface area contributed by atoms with Crippen molar-refractivity contribution in [2.45, 2.75) is 13.8 Å². The van der Waals surface area contributed by atoms with Gasteiger partial charge in [-0.2, -0.15) is 10.5 Å². The molecule has 0 saturated carbocycles. The lowest BCUT2D eigenvalue weighted by molar-refractivity contribution is 0.0636. The Morgan fingerprint density at radius 3 is 2.45 bits per heavy atom. The second-order valence-electron chi connectivity index (χ2n) is 5.30. The molecule has 0 unspecified atom stereocenters. The van der Waals surface area contributed by atoms with Crippen LogP contribution in [0.4, 0.5) is 5.69 Å². The van der Waals surface area contributed by atoms with Crippen LogP contribution < -0.4 is 5.32 Å². The van der Waals surface area contributed by atoms with Crippen molar-refractivity contribution in [2.75, 3.05) is 11.9 Å². The number of amides is 2. The van der Waals surface area contributed by atoms with Crippen LogP contribution in [0.5, 0.6) is 0 Å². The number of nitriles is 2. The third-order valence-electron chi connectivity index (χ3n) is 3.14. The highest BCUT2D eigenvalue weighted by Crippen LogP contribution is 2.26. The van der Waals surface area contributed by atoms with Crippen LogP contribution in [0.25, 0.3) is 0 Å². The molecule has 110 valence electrons. The number of nitrogens with zero attached hydrogens (tertiary/aromatic N) is 3. The molecule has 1 N–H and O–H groups in total. The number of imide groups is 1. The minimum Gasteiger partial charge on any atom is -0.360 e. The summed E-state index contributed by atoms with van der Waals surface area (Å²) in [6.45, 7) is 4.25. The quantitative estimate of drug-likeness (QED) is 0.678. The van der Waals surface area contributed by atoms with E-state index in [0.717, 1.165) is 0 Å². The highest BCUT2D eigenvalue weighted by atomic mass is 16.2. The van der Waals surface area contributed by atoms with Gasteiger partial charge in [0.2, 0.25) is 0 Å². The van der Waals surface area contributed by atoms with E-state index in [4.69, 9.17) is 10.5 Å². The smallest absolute Gasteiger partial charge is 0.261 e. The molecular formula is C16H14N4O2. The van der Waals surface area contributed by atoms with E-state index in [2.05, 4.69) is 5.32 Å². The van der Waals surface area contributed by atoms with Gasteiger partial charge in [0, 0.05) is 18.4 Å². The lowest BCUT2D eigenvalue weighted by atomic mass is 10.1. The molecule has 0 aliphatic carbocycles. The fourth-order valence-electron chi connectivity index (χ4n) is 2.16. The van der Waals surface area contributed by atoms with Gasteiger partial charge in [0.05, 0.1) is 11.1 Å². The number of carbonyl (C=O) groups excluding carboxylic acids is 2. The van der Waals surface area contributed by atoms with E-state index in [0.29, 0.717) is 23.4 Å². The Morgan fingerprint density at radius 2 is 1.86 bits per heavy atom. The third kappa shape index (κ3) is 2.82. The first-order valence-corrected chi connectivity index (χ1v) is 6.75. The number of nitrogens with one attached hydrogen (secondary N) is 1. The maximum Gasteiger partial charge on any atom is 0.261 e. The minimum absolute atomic E-state index is 0.0793. The van der Waals surface area contributed by atoms with Gasteiger partial charge in [0.25, 0.3) is 11.8 Å². The van der Waals surface area contributed by atoms with Gasteiger partial charge in [-0.3, -0.25) is 14.5 Å². The highest BCUT2D eigenvalue weighted by Gasteiger charge is 2.35. The summed E-state index contributed by atoms with van der Waals surface area (Å²) in [5.74, 6) is -0.413. The van der Waals surface area contributed by atoms with E-state index in [1.165, 1.54) is 11.1 Å². The fourth-order valence-corrected chi connectivity index (χ4v) is 2.16. The third-order valence-corrected chi connectivity index (χ3v) is 3.14. The van der Waals surface area contributed by atoms with Gasteiger partial charge in [-0.1, -0.05) is 13.8 Å². The van der Waals surface area contributed by atoms with Gasteiger partial charge < -0.3 is 5.32 Å². The minimum atomic E-state index is -0.317. The van der Waals surface area contributed by atoms with Gasteiger partial charge in [-0.05, 0) is 24.1 Å². The summed E-state index contributed by atoms with van der Waals surface area (Å²) in [6, 6.07) is 8.21. The molecule has 1 aromatic rings. The number of allylic oxidation sites excluding steroid dienone is 1. The summed E-state index contributed by atoms with van der Waals surface area (Å²) in [5.41, 5.74) is 1.17. The Kier molecular flexibility index (Phi) is 4.24. The Bertz CT molecular complexity index is 734. The summed E-state index contributed by atoms with van der Waals surface area (Å²) in [4.78, 5) is 25.7. The Balaban J connectivity index is 2.28. The standard InChI is InChI=1S/C16H14N4O2/c1-10(2)9-20-15(21)13-4-3-12(5-14(13)16(20)22)19-8-11(6-17)7-18/h3-5,8,10,19H,9H2,1-2H3. The van der Waals surface area contributed by atoms with Crippen LogP contribution in [0.3, 0.4) is 0 Å². The SMILES string of the molecule is CC(C)CN1C(=O)c2ccc(NC=C(C#N)C#N)cc2C1=O. The number of hydrogen-bond donors (Lipinski definition) is 1. The van der Waals surface area contributed by atoms with Crippen LogP contribution in [-0.4, -0.2) is 23.3 Å². The van der Waals surface area contributed by atoms with Crippen LogP contribution >= 0.6 is 0 Å². The highest BCUT2D eigenvalue weighted by molar-refractivity contribution is 6.21. The Morgan fingerprint density at radius 1 is 1.23 bits per heavy atom. The molecule has 2 amide bonds. The normalized spacial score (nSPS) is 12.7. The summed E-state index contributed by atoms with van der Waals surface area (Å²) >= 11 is 0. The monoisotopic (exact) mass is 294 g/mol. The average molecular weight is 294 g/mol. The van der Waals surface area contributed by atoms with E-state index in [9.17, 15) is 9.59 Å². The molecule has 1 aromatic carbocycles. The van der Waals surface area contributed by atoms with Crippen LogP contribution in [0.1, 0.15) is 34.6 Å². The lowest BCUT2D eigenvalue weighted by Crippen LogP contribution is -2.33. The Labute approximate surface area is 128 Å². The topological polar surface area (TPSA) is 97.0 Å². The zero-order chi connectivity index (χ0) is 16.3. The predicted molar refractivity (Wildman–Crippen MR) is 79.6 cm³/mol. The van der Waals surface area contributed by atoms with E-state index in [1.54, 1.807) is 30.3 Å². The summed E-state index contributed by atoms with van der Waals surface area (Å²) in [7, 11) is 0. The first-order chi connectivity index (χ1) is 10.5. The Hall–Kier alpha value is -3.12. The second-order valence-corrected chi connectivity index (χ2v) is 5.30. The molecule has 22 heavy (non-hydrogen) atoms. The van der Waals surface area contributed by atoms with Gasteiger partial charge in [-0.15, -0.1) is 0 Å². The van der Waals surface area contributed by atoms with E-state index >= 15 is 0 Å². The van der Waals surface area contributed by atoms with Crippen molar-refractivity contribution in [1.29, 1.82) is 10.5 Å². The number of benzene rings is 1. The molecule has 0 saturated heterocycles. The van der Waals surface area contributed by atoms with E-state index in [1.807, 2.05) is 13.8 Å². The van der Waals surface area contributed by atoms with Gasteiger partial charge in [0.1, 0.15) is 17.7 Å². The van der Waals surface area contributed by atoms with Crippen molar-refractivity contribution >= 4 is 17.5 Å². The van der Waals surface area contributed by atoms with Crippen molar-refractivity contribution in [3.63, 3.8) is 0 Å². The zero-order valence-electron chi connectivity index (χ0n) is 12.3. The molecule has 6 nitrogen and oxygen atoms in total. The first kappa shape index (κ1) is 15.3.